The van der Waals surface area contributed by atoms with E-state index in [9.17, 15) is 9.59 Å². The van der Waals surface area contributed by atoms with Crippen molar-refractivity contribution in [3.05, 3.63) is 0 Å². The zero-order valence-electron chi connectivity index (χ0n) is 12.8. The van der Waals surface area contributed by atoms with Crippen LogP contribution in [-0.4, -0.2) is 66.3 Å². The SMILES string of the molecule is CN1CCN(NC(=O)NC(CC(=O)O)C(C)(C)C)CC1. The summed E-state index contributed by atoms with van der Waals surface area (Å²) in [6.07, 6.45) is -0.0837. The molecule has 7 heteroatoms. The lowest BCUT2D eigenvalue weighted by molar-refractivity contribution is -0.138. The van der Waals surface area contributed by atoms with Gasteiger partial charge in [-0.3, -0.25) is 10.2 Å². The zero-order chi connectivity index (χ0) is 15.3. The second-order valence-corrected chi connectivity index (χ2v) is 6.39. The molecule has 7 nitrogen and oxygen atoms in total. The minimum absolute atomic E-state index is 0.0837. The number of rotatable bonds is 4. The normalized spacial score (nSPS) is 19.4. The van der Waals surface area contributed by atoms with Crippen LogP contribution in [-0.2, 0) is 4.79 Å². The molecular weight excluding hydrogens is 260 g/mol. The van der Waals surface area contributed by atoms with E-state index in [1.165, 1.54) is 0 Å². The number of hydrogen-bond donors (Lipinski definition) is 3. The highest BCUT2D eigenvalue weighted by Gasteiger charge is 2.29. The molecular formula is C13H26N4O3. The first-order valence-corrected chi connectivity index (χ1v) is 6.91. The molecule has 0 saturated carbocycles. The first kappa shape index (κ1) is 16.7. The van der Waals surface area contributed by atoms with Crippen molar-refractivity contribution in [1.82, 2.24) is 20.7 Å². The van der Waals surface area contributed by atoms with Gasteiger partial charge in [-0.1, -0.05) is 20.8 Å². The Morgan fingerprint density at radius 2 is 1.75 bits per heavy atom. The summed E-state index contributed by atoms with van der Waals surface area (Å²) in [4.78, 5) is 25.0. The van der Waals surface area contributed by atoms with Crippen LogP contribution in [0.25, 0.3) is 0 Å². The summed E-state index contributed by atoms with van der Waals surface area (Å²) >= 11 is 0. The lowest BCUT2D eigenvalue weighted by Crippen LogP contribution is -2.57. The van der Waals surface area contributed by atoms with Crippen LogP contribution < -0.4 is 10.7 Å². The number of hydrazine groups is 1. The van der Waals surface area contributed by atoms with E-state index >= 15 is 0 Å². The Morgan fingerprint density at radius 1 is 1.20 bits per heavy atom. The number of carboxylic acids is 1. The van der Waals surface area contributed by atoms with E-state index in [1.54, 1.807) is 0 Å². The van der Waals surface area contributed by atoms with Gasteiger partial charge < -0.3 is 15.3 Å². The fraction of sp³-hybridized carbons (Fsp3) is 0.846. The Bertz CT molecular complexity index is 346. The first-order valence-electron chi connectivity index (χ1n) is 6.91. The Hall–Kier alpha value is -1.34. The molecule has 20 heavy (non-hydrogen) atoms. The molecule has 116 valence electrons. The number of aliphatic carboxylic acids is 1. The van der Waals surface area contributed by atoms with Crippen LogP contribution in [0.4, 0.5) is 4.79 Å². The van der Waals surface area contributed by atoms with Crippen LogP contribution in [0.5, 0.6) is 0 Å². The van der Waals surface area contributed by atoms with Crippen LogP contribution in [0.3, 0.4) is 0 Å². The lowest BCUT2D eigenvalue weighted by Gasteiger charge is -2.34. The molecule has 1 atom stereocenters. The third-order valence-corrected chi connectivity index (χ3v) is 3.49. The predicted molar refractivity (Wildman–Crippen MR) is 76.2 cm³/mol. The smallest absolute Gasteiger partial charge is 0.329 e. The predicted octanol–water partition coefficient (Wildman–Crippen LogP) is 0.337. The number of nitrogens with zero attached hydrogens (tertiary/aromatic N) is 2. The average molecular weight is 286 g/mol. The fourth-order valence-electron chi connectivity index (χ4n) is 2.00. The highest BCUT2D eigenvalue weighted by atomic mass is 16.4. The molecule has 1 aliphatic rings. The summed E-state index contributed by atoms with van der Waals surface area (Å²) in [7, 11) is 2.04. The molecule has 1 heterocycles. The van der Waals surface area contributed by atoms with E-state index < -0.39 is 12.0 Å². The quantitative estimate of drug-likeness (QED) is 0.694. The van der Waals surface area contributed by atoms with Gasteiger partial charge in [-0.25, -0.2) is 9.80 Å². The number of likely N-dealkylation sites (N-methyl/N-ethyl adjacent to an activating group) is 1. The Labute approximate surface area is 120 Å². The van der Waals surface area contributed by atoms with Crippen molar-refractivity contribution < 1.29 is 14.7 Å². The van der Waals surface area contributed by atoms with Crippen LogP contribution in [0.2, 0.25) is 0 Å². The van der Waals surface area contributed by atoms with Gasteiger partial charge in [0.1, 0.15) is 0 Å². The maximum absolute atomic E-state index is 12.0. The molecule has 0 aliphatic carbocycles. The maximum atomic E-state index is 12.0. The third-order valence-electron chi connectivity index (χ3n) is 3.49. The number of urea groups is 1. The fourth-order valence-corrected chi connectivity index (χ4v) is 2.00. The highest BCUT2D eigenvalue weighted by molar-refractivity contribution is 5.75. The largest absolute Gasteiger partial charge is 0.481 e. The first-order chi connectivity index (χ1) is 9.18. The summed E-state index contributed by atoms with van der Waals surface area (Å²) in [6.45, 7) is 9.08. The van der Waals surface area contributed by atoms with Gasteiger partial charge in [0, 0.05) is 32.2 Å². The summed E-state index contributed by atoms with van der Waals surface area (Å²) < 4.78 is 0. The number of carbonyl (C=O) groups is 2. The highest BCUT2D eigenvalue weighted by Crippen LogP contribution is 2.21. The molecule has 0 aromatic heterocycles. The molecule has 0 bridgehead atoms. The number of carbonyl (C=O) groups excluding carboxylic acids is 1. The van der Waals surface area contributed by atoms with Crippen molar-refractivity contribution in [3.8, 4) is 0 Å². The van der Waals surface area contributed by atoms with E-state index in [1.807, 2.05) is 32.8 Å². The van der Waals surface area contributed by atoms with Crippen molar-refractivity contribution >= 4 is 12.0 Å². The lowest BCUT2D eigenvalue weighted by atomic mass is 9.85. The molecule has 1 fully saturated rings. The van der Waals surface area contributed by atoms with Gasteiger partial charge in [-0.05, 0) is 12.5 Å². The van der Waals surface area contributed by atoms with E-state index in [-0.39, 0.29) is 17.9 Å². The summed E-state index contributed by atoms with van der Waals surface area (Å²) in [5, 5.41) is 13.5. The van der Waals surface area contributed by atoms with Crippen LogP contribution >= 0.6 is 0 Å². The van der Waals surface area contributed by atoms with Gasteiger partial charge >= 0.3 is 12.0 Å². The molecule has 1 rings (SSSR count). The molecule has 1 saturated heterocycles. The average Bonchev–Trinajstić information content (AvgIpc) is 2.29. The maximum Gasteiger partial charge on any atom is 0.329 e. The minimum atomic E-state index is -0.912. The van der Waals surface area contributed by atoms with Gasteiger partial charge in [0.15, 0.2) is 0 Å². The molecule has 2 amide bonds. The van der Waals surface area contributed by atoms with Crippen LogP contribution in [0.15, 0.2) is 0 Å². The molecule has 1 aliphatic heterocycles. The molecule has 0 aromatic carbocycles. The van der Waals surface area contributed by atoms with E-state index in [0.717, 1.165) is 26.2 Å². The van der Waals surface area contributed by atoms with Gasteiger partial charge in [0.25, 0.3) is 0 Å². The summed E-state index contributed by atoms with van der Waals surface area (Å²) in [5.41, 5.74) is 2.47. The van der Waals surface area contributed by atoms with Gasteiger partial charge in [0.2, 0.25) is 0 Å². The van der Waals surface area contributed by atoms with Crippen molar-refractivity contribution in [2.75, 3.05) is 33.2 Å². The second kappa shape index (κ2) is 6.90. The third kappa shape index (κ3) is 5.75. The Morgan fingerprint density at radius 3 is 2.20 bits per heavy atom. The Balaban J connectivity index is 2.47. The topological polar surface area (TPSA) is 84.9 Å². The standard InChI is InChI=1S/C13H26N4O3/c1-13(2,3)10(9-11(18)19)14-12(20)15-17-7-5-16(4)6-8-17/h10H,5-9H2,1-4H3,(H,18,19)(H2,14,15,20). The van der Waals surface area contributed by atoms with E-state index in [2.05, 4.69) is 15.6 Å². The van der Waals surface area contributed by atoms with Gasteiger partial charge in [-0.2, -0.15) is 0 Å². The number of nitrogens with one attached hydrogen (secondary N) is 2. The summed E-state index contributed by atoms with van der Waals surface area (Å²) in [5.74, 6) is -0.912. The molecule has 3 N–H and O–H groups in total. The van der Waals surface area contributed by atoms with Crippen LogP contribution in [0, 0.1) is 5.41 Å². The van der Waals surface area contributed by atoms with Crippen molar-refractivity contribution in [3.63, 3.8) is 0 Å². The monoisotopic (exact) mass is 286 g/mol. The van der Waals surface area contributed by atoms with Crippen LogP contribution in [0.1, 0.15) is 27.2 Å². The molecule has 0 spiro atoms. The zero-order valence-corrected chi connectivity index (χ0v) is 12.8. The second-order valence-electron chi connectivity index (χ2n) is 6.39. The number of carboxylic acid groups (broad SMARTS) is 1. The number of amides is 2. The van der Waals surface area contributed by atoms with E-state index in [0.29, 0.717) is 0 Å². The van der Waals surface area contributed by atoms with E-state index in [4.69, 9.17) is 5.11 Å². The molecule has 1 unspecified atom stereocenters. The molecule has 0 aromatic rings. The van der Waals surface area contributed by atoms with Gasteiger partial charge in [0.05, 0.1) is 6.42 Å². The summed E-state index contributed by atoms with van der Waals surface area (Å²) in [6, 6.07) is -0.747. The minimum Gasteiger partial charge on any atom is -0.481 e. The number of hydrogen-bond acceptors (Lipinski definition) is 4. The van der Waals surface area contributed by atoms with Crippen molar-refractivity contribution in [2.24, 2.45) is 5.41 Å². The number of piperazine rings is 1. The van der Waals surface area contributed by atoms with Crippen molar-refractivity contribution in [2.45, 2.75) is 33.2 Å². The van der Waals surface area contributed by atoms with Gasteiger partial charge in [-0.15, -0.1) is 0 Å². The Kier molecular flexibility index (Phi) is 5.76. The van der Waals surface area contributed by atoms with Crippen molar-refractivity contribution in [1.29, 1.82) is 0 Å². The molecule has 0 radical (unpaired) electrons.